The van der Waals surface area contributed by atoms with E-state index in [0.29, 0.717) is 47.1 Å². The van der Waals surface area contributed by atoms with E-state index in [4.69, 9.17) is 10.5 Å². The Hall–Kier alpha value is -3.55. The number of nitrogens with two attached hydrogens (primary N) is 1. The number of nitrogen functional groups attached to an aromatic ring is 1. The lowest BCUT2D eigenvalue weighted by molar-refractivity contribution is 0.0922. The molecule has 3 aromatic rings. The number of rotatable bonds is 4. The third kappa shape index (κ3) is 3.61. The first kappa shape index (κ1) is 18.8. The van der Waals surface area contributed by atoms with Gasteiger partial charge in [0.25, 0.3) is 5.91 Å². The van der Waals surface area contributed by atoms with Crippen LogP contribution in [0.5, 0.6) is 5.88 Å². The number of amides is 1. The summed E-state index contributed by atoms with van der Waals surface area (Å²) in [6.07, 6.45) is 0.415. The largest absolute Gasteiger partial charge is 0.478 e. The van der Waals surface area contributed by atoms with Crippen molar-refractivity contribution < 1.29 is 13.9 Å². The zero-order chi connectivity index (χ0) is 20.5. The number of aromatic nitrogens is 3. The number of ether oxygens (including phenoxy) is 1. The molecular weight excluding hydrogens is 373 g/mol. The summed E-state index contributed by atoms with van der Waals surface area (Å²) in [5.41, 5.74) is 9.20. The van der Waals surface area contributed by atoms with Gasteiger partial charge in [-0.2, -0.15) is 0 Å². The van der Waals surface area contributed by atoms with Crippen LogP contribution in [0.1, 0.15) is 40.3 Å². The monoisotopic (exact) mass is 393 g/mol. The predicted octanol–water partition coefficient (Wildman–Crippen LogP) is 2.99. The normalized spacial score (nSPS) is 15.6. The van der Waals surface area contributed by atoms with Gasteiger partial charge in [0.15, 0.2) is 0 Å². The number of anilines is 1. The molecule has 8 heteroatoms. The van der Waals surface area contributed by atoms with E-state index in [0.717, 1.165) is 5.56 Å². The number of nitrogens with zero attached hydrogens (tertiary/aromatic N) is 3. The molecule has 1 aromatic carbocycles. The van der Waals surface area contributed by atoms with E-state index >= 15 is 0 Å². The van der Waals surface area contributed by atoms with E-state index in [1.807, 2.05) is 6.92 Å². The van der Waals surface area contributed by atoms with Crippen LogP contribution >= 0.6 is 0 Å². The predicted molar refractivity (Wildman–Crippen MR) is 106 cm³/mol. The fraction of sp³-hybridized carbons (Fsp3) is 0.238. The van der Waals surface area contributed by atoms with Crippen molar-refractivity contribution in [3.8, 4) is 17.1 Å². The highest BCUT2D eigenvalue weighted by Gasteiger charge is 2.30. The Morgan fingerprint density at radius 1 is 1.24 bits per heavy atom. The molecule has 3 N–H and O–H groups in total. The minimum Gasteiger partial charge on any atom is -0.478 e. The Kier molecular flexibility index (Phi) is 4.84. The average Bonchev–Trinajstić information content (AvgIpc) is 2.67. The molecule has 4 rings (SSSR count). The van der Waals surface area contributed by atoms with Gasteiger partial charge in [-0.05, 0) is 37.6 Å². The van der Waals surface area contributed by atoms with Crippen LogP contribution in [0.4, 0.5) is 10.3 Å². The summed E-state index contributed by atoms with van der Waals surface area (Å²) in [6.45, 7) is 4.07. The third-order valence-electron chi connectivity index (χ3n) is 4.79. The molecule has 0 radical (unpaired) electrons. The molecule has 0 saturated heterocycles. The second kappa shape index (κ2) is 7.46. The minimum atomic E-state index is -0.406. The summed E-state index contributed by atoms with van der Waals surface area (Å²) < 4.78 is 19.6. The molecule has 7 nitrogen and oxygen atoms in total. The SMILES string of the molecule is CCOc1cccc(-c2cc(F)ccc2[C@H]2Cc3nc(N)nc(C)c3C(=O)N2)n1. The van der Waals surface area contributed by atoms with Crippen LogP contribution in [-0.2, 0) is 6.42 Å². The van der Waals surface area contributed by atoms with Gasteiger partial charge in [-0.15, -0.1) is 0 Å². The highest BCUT2D eigenvalue weighted by atomic mass is 19.1. The highest BCUT2D eigenvalue weighted by Crippen LogP contribution is 2.33. The topological polar surface area (TPSA) is 103 Å². The van der Waals surface area contributed by atoms with Crippen molar-refractivity contribution in [1.29, 1.82) is 0 Å². The Bertz CT molecular complexity index is 1100. The summed E-state index contributed by atoms with van der Waals surface area (Å²) in [6, 6.07) is 9.36. The number of nitrogens with one attached hydrogen (secondary N) is 1. The van der Waals surface area contributed by atoms with Gasteiger partial charge in [0.2, 0.25) is 11.8 Å². The van der Waals surface area contributed by atoms with Crippen molar-refractivity contribution in [2.24, 2.45) is 0 Å². The fourth-order valence-corrected chi connectivity index (χ4v) is 3.61. The van der Waals surface area contributed by atoms with Crippen LogP contribution in [0.3, 0.4) is 0 Å². The maximum atomic E-state index is 14.1. The molecule has 1 aliphatic rings. The van der Waals surface area contributed by atoms with Gasteiger partial charge in [-0.1, -0.05) is 12.1 Å². The molecule has 0 aliphatic carbocycles. The Labute approximate surface area is 167 Å². The van der Waals surface area contributed by atoms with E-state index in [-0.39, 0.29) is 11.9 Å². The van der Waals surface area contributed by atoms with Gasteiger partial charge in [0.1, 0.15) is 5.82 Å². The zero-order valence-electron chi connectivity index (χ0n) is 16.1. The lowest BCUT2D eigenvalue weighted by Gasteiger charge is -2.27. The van der Waals surface area contributed by atoms with Crippen LogP contribution in [0.2, 0.25) is 0 Å². The number of carbonyl (C=O) groups is 1. The highest BCUT2D eigenvalue weighted by molar-refractivity contribution is 5.98. The second-order valence-electron chi connectivity index (χ2n) is 6.74. The zero-order valence-corrected chi connectivity index (χ0v) is 16.1. The number of aryl methyl sites for hydroxylation is 1. The van der Waals surface area contributed by atoms with Crippen LogP contribution in [-0.4, -0.2) is 27.5 Å². The number of hydrogen-bond donors (Lipinski definition) is 2. The van der Waals surface area contributed by atoms with Gasteiger partial charge in [-0.3, -0.25) is 4.79 Å². The number of benzene rings is 1. The molecule has 0 saturated carbocycles. The molecule has 3 heterocycles. The third-order valence-corrected chi connectivity index (χ3v) is 4.79. The quantitative estimate of drug-likeness (QED) is 0.706. The van der Waals surface area contributed by atoms with Crippen LogP contribution in [0.25, 0.3) is 11.3 Å². The molecule has 0 spiro atoms. The molecule has 1 amide bonds. The summed E-state index contributed by atoms with van der Waals surface area (Å²) in [5, 5.41) is 2.98. The van der Waals surface area contributed by atoms with E-state index in [9.17, 15) is 9.18 Å². The maximum absolute atomic E-state index is 14.1. The molecule has 2 aromatic heterocycles. The molecule has 148 valence electrons. The summed E-state index contributed by atoms with van der Waals surface area (Å²) in [5.74, 6) is -0.0909. The van der Waals surface area contributed by atoms with Crippen molar-refractivity contribution >= 4 is 11.9 Å². The smallest absolute Gasteiger partial charge is 0.255 e. The molecular formula is C21H20FN5O2. The molecule has 0 bridgehead atoms. The lowest BCUT2D eigenvalue weighted by atomic mass is 9.90. The van der Waals surface area contributed by atoms with E-state index in [2.05, 4.69) is 20.3 Å². The van der Waals surface area contributed by atoms with Crippen molar-refractivity contribution in [3.05, 3.63) is 64.7 Å². The first-order valence-corrected chi connectivity index (χ1v) is 9.29. The standard InChI is InChI=1S/C21H20FN5O2/c1-3-29-18-6-4-5-15(25-18)14-9-12(22)7-8-13(14)16-10-17-19(20(28)26-16)11(2)24-21(23)27-17/h4-9,16H,3,10H2,1-2H3,(H,26,28)(H2,23,24,27)/t16-/m1/s1. The fourth-order valence-electron chi connectivity index (χ4n) is 3.61. The Morgan fingerprint density at radius 2 is 2.07 bits per heavy atom. The Balaban J connectivity index is 1.78. The van der Waals surface area contributed by atoms with Crippen molar-refractivity contribution in [1.82, 2.24) is 20.3 Å². The summed E-state index contributed by atoms with van der Waals surface area (Å²) in [4.78, 5) is 25.5. The number of halogens is 1. The summed E-state index contributed by atoms with van der Waals surface area (Å²) >= 11 is 0. The minimum absolute atomic E-state index is 0.125. The number of carbonyl (C=O) groups excluding carboxylic acids is 1. The van der Waals surface area contributed by atoms with Crippen LogP contribution in [0, 0.1) is 12.7 Å². The van der Waals surface area contributed by atoms with Gasteiger partial charge in [0, 0.05) is 18.1 Å². The molecule has 1 atom stereocenters. The maximum Gasteiger partial charge on any atom is 0.255 e. The van der Waals surface area contributed by atoms with Crippen LogP contribution < -0.4 is 15.8 Å². The molecule has 0 fully saturated rings. The molecule has 29 heavy (non-hydrogen) atoms. The number of fused-ring (bicyclic) bond motifs is 1. The van der Waals surface area contributed by atoms with Gasteiger partial charge >= 0.3 is 0 Å². The first-order valence-electron chi connectivity index (χ1n) is 9.29. The van der Waals surface area contributed by atoms with Crippen LogP contribution in [0.15, 0.2) is 36.4 Å². The second-order valence-corrected chi connectivity index (χ2v) is 6.74. The van der Waals surface area contributed by atoms with Crippen molar-refractivity contribution in [2.45, 2.75) is 26.3 Å². The van der Waals surface area contributed by atoms with Gasteiger partial charge in [0.05, 0.1) is 35.3 Å². The lowest BCUT2D eigenvalue weighted by Crippen LogP contribution is -2.37. The van der Waals surface area contributed by atoms with E-state index in [1.165, 1.54) is 12.1 Å². The van der Waals surface area contributed by atoms with Crippen molar-refractivity contribution in [3.63, 3.8) is 0 Å². The molecule has 1 aliphatic heterocycles. The van der Waals surface area contributed by atoms with Crippen molar-refractivity contribution in [2.75, 3.05) is 12.3 Å². The number of hydrogen-bond acceptors (Lipinski definition) is 6. The summed E-state index contributed by atoms with van der Waals surface area (Å²) in [7, 11) is 0. The first-order chi connectivity index (χ1) is 14.0. The van der Waals surface area contributed by atoms with Gasteiger partial charge in [-0.25, -0.2) is 19.3 Å². The average molecular weight is 393 g/mol. The Morgan fingerprint density at radius 3 is 2.86 bits per heavy atom. The molecule has 0 unspecified atom stereocenters. The van der Waals surface area contributed by atoms with E-state index < -0.39 is 11.9 Å². The van der Waals surface area contributed by atoms with Gasteiger partial charge < -0.3 is 15.8 Å². The van der Waals surface area contributed by atoms with E-state index in [1.54, 1.807) is 31.2 Å². The number of pyridine rings is 1.